The van der Waals surface area contributed by atoms with Gasteiger partial charge < -0.3 is 4.74 Å². The van der Waals surface area contributed by atoms with Crippen molar-refractivity contribution in [3.63, 3.8) is 0 Å². The molecule has 24 heavy (non-hydrogen) atoms. The number of nitrogens with zero attached hydrogens (tertiary/aromatic N) is 4. The maximum absolute atomic E-state index is 11.8. The van der Waals surface area contributed by atoms with Crippen LogP contribution in [0.25, 0.3) is 20.9 Å². The third-order valence-corrected chi connectivity index (χ3v) is 4.23. The molecule has 0 unspecified atom stereocenters. The zero-order valence-corrected chi connectivity index (χ0v) is 14.7. The highest BCUT2D eigenvalue weighted by atomic mass is 32.1. The van der Waals surface area contributed by atoms with Gasteiger partial charge in [0.25, 0.3) is 0 Å². The van der Waals surface area contributed by atoms with E-state index >= 15 is 0 Å². The average Bonchev–Trinajstić information content (AvgIpc) is 2.96. The van der Waals surface area contributed by atoms with Crippen molar-refractivity contribution in [3.05, 3.63) is 37.1 Å². The lowest BCUT2D eigenvalue weighted by atomic mass is 10.2. The molecule has 0 atom stereocenters. The Hall–Kier alpha value is -2.41. The summed E-state index contributed by atoms with van der Waals surface area (Å²) in [6, 6.07) is 3.97. The van der Waals surface area contributed by atoms with Crippen molar-refractivity contribution >= 4 is 27.7 Å². The van der Waals surface area contributed by atoms with Crippen molar-refractivity contribution in [1.29, 1.82) is 0 Å². The second-order valence-electron chi connectivity index (χ2n) is 6.39. The summed E-state index contributed by atoms with van der Waals surface area (Å²) in [4.78, 5) is 24.4. The first kappa shape index (κ1) is 16.4. The number of hydrogen-bond donors (Lipinski definition) is 0. The fourth-order valence-electron chi connectivity index (χ4n) is 2.17. The topological polar surface area (TPSA) is 68.8 Å². The summed E-state index contributed by atoms with van der Waals surface area (Å²) in [5, 5.41) is 0.907. The van der Waals surface area contributed by atoms with E-state index in [4.69, 9.17) is 4.74 Å². The molecule has 0 aliphatic carbocycles. The molecule has 3 aromatic heterocycles. The Bertz CT molecular complexity index is 820. The van der Waals surface area contributed by atoms with Gasteiger partial charge in [-0.25, -0.2) is 19.5 Å². The molecule has 0 amide bonds. The number of ether oxygens (including phenoxy) is 1. The van der Waals surface area contributed by atoms with Crippen molar-refractivity contribution in [3.8, 4) is 10.6 Å². The van der Waals surface area contributed by atoms with Crippen LogP contribution in [0.5, 0.6) is 0 Å². The van der Waals surface area contributed by atoms with Crippen LogP contribution in [0.2, 0.25) is 0 Å². The van der Waals surface area contributed by atoms with Gasteiger partial charge in [0.1, 0.15) is 23.4 Å². The van der Waals surface area contributed by atoms with Gasteiger partial charge in [0.2, 0.25) is 0 Å². The highest BCUT2D eigenvalue weighted by Gasteiger charge is 2.17. The smallest absolute Gasteiger partial charge is 0.312 e. The summed E-state index contributed by atoms with van der Waals surface area (Å²) in [6.45, 7) is 6.19. The summed E-state index contributed by atoms with van der Waals surface area (Å²) in [7, 11) is 0. The molecule has 0 N–H and O–H groups in total. The Morgan fingerprint density at radius 3 is 2.71 bits per heavy atom. The van der Waals surface area contributed by atoms with Crippen LogP contribution in [0.3, 0.4) is 0 Å². The van der Waals surface area contributed by atoms with E-state index in [9.17, 15) is 4.79 Å². The fourth-order valence-corrected chi connectivity index (χ4v) is 3.07. The number of esters is 1. The molecule has 0 fully saturated rings. The zero-order chi connectivity index (χ0) is 17.2. The van der Waals surface area contributed by atoms with E-state index in [0.717, 1.165) is 15.3 Å². The Balaban J connectivity index is 1.66. The molecule has 0 saturated carbocycles. The minimum atomic E-state index is -0.443. The maximum atomic E-state index is 11.8. The van der Waals surface area contributed by atoms with Gasteiger partial charge in [-0.05, 0) is 20.8 Å². The number of carbonyl (C=O) groups is 1. The van der Waals surface area contributed by atoms with Gasteiger partial charge in [-0.15, -0.1) is 11.3 Å². The first-order chi connectivity index (χ1) is 11.4. The molecule has 3 heterocycles. The second kappa shape index (κ2) is 6.60. The van der Waals surface area contributed by atoms with E-state index in [2.05, 4.69) is 15.0 Å². The van der Waals surface area contributed by atoms with Crippen LogP contribution < -0.4 is 4.57 Å². The second-order valence-corrected chi connectivity index (χ2v) is 7.42. The lowest BCUT2D eigenvalue weighted by Crippen LogP contribution is -2.35. The average molecular weight is 343 g/mol. The molecule has 3 rings (SSSR count). The normalized spacial score (nSPS) is 11.6. The Kier molecular flexibility index (Phi) is 4.53. The van der Waals surface area contributed by atoms with Crippen LogP contribution in [0.4, 0.5) is 0 Å². The highest BCUT2D eigenvalue weighted by molar-refractivity contribution is 7.21. The Morgan fingerprint density at radius 2 is 2.04 bits per heavy atom. The minimum absolute atomic E-state index is 0.191. The standard InChI is InChI=1S/C17H19N4O2S/c1-17(2,3)23-14(22)6-9-21-7-4-12(5-8-21)16-20-15-13(24-16)10-18-11-19-15/h4-5,7-8,10-11H,6,9H2,1-3H3/q+1. The van der Waals surface area contributed by atoms with Crippen molar-refractivity contribution in [2.45, 2.75) is 39.3 Å². The predicted molar refractivity (Wildman–Crippen MR) is 91.3 cm³/mol. The first-order valence-electron chi connectivity index (χ1n) is 7.68. The molecule has 0 spiro atoms. The lowest BCUT2D eigenvalue weighted by molar-refractivity contribution is -0.695. The van der Waals surface area contributed by atoms with Crippen molar-refractivity contribution in [2.24, 2.45) is 0 Å². The van der Waals surface area contributed by atoms with Crippen LogP contribution >= 0.6 is 11.3 Å². The molecular weight excluding hydrogens is 324 g/mol. The quantitative estimate of drug-likeness (QED) is 0.538. The van der Waals surface area contributed by atoms with E-state index in [1.807, 2.05) is 49.9 Å². The van der Waals surface area contributed by atoms with Crippen LogP contribution in [0.15, 0.2) is 37.1 Å². The number of hydrogen-bond acceptors (Lipinski definition) is 6. The zero-order valence-electron chi connectivity index (χ0n) is 13.9. The third kappa shape index (κ3) is 4.11. The van der Waals surface area contributed by atoms with E-state index in [1.54, 1.807) is 17.5 Å². The van der Waals surface area contributed by atoms with Gasteiger partial charge in [-0.3, -0.25) is 4.79 Å². The van der Waals surface area contributed by atoms with E-state index in [1.165, 1.54) is 6.33 Å². The van der Waals surface area contributed by atoms with Crippen molar-refractivity contribution in [2.75, 3.05) is 0 Å². The summed E-state index contributed by atoms with van der Waals surface area (Å²) < 4.78 is 8.24. The lowest BCUT2D eigenvalue weighted by Gasteiger charge is -2.18. The number of aryl methyl sites for hydroxylation is 1. The molecule has 0 aliphatic heterocycles. The van der Waals surface area contributed by atoms with E-state index in [0.29, 0.717) is 18.6 Å². The minimum Gasteiger partial charge on any atom is -0.460 e. The molecule has 0 bridgehead atoms. The highest BCUT2D eigenvalue weighted by Crippen LogP contribution is 2.27. The molecule has 0 saturated heterocycles. The SMILES string of the molecule is CC(C)(C)OC(=O)CC[n+]1ccc(-c2nc3ncncc3s2)cc1. The molecule has 0 aliphatic rings. The van der Waals surface area contributed by atoms with Gasteiger partial charge in [0.15, 0.2) is 24.6 Å². The number of carbonyl (C=O) groups excluding carboxylic acids is 1. The summed E-state index contributed by atoms with van der Waals surface area (Å²) in [5.41, 5.74) is 1.29. The Morgan fingerprint density at radius 1 is 1.29 bits per heavy atom. The van der Waals surface area contributed by atoms with Gasteiger partial charge in [0.05, 0.1) is 4.70 Å². The number of pyridine rings is 1. The largest absolute Gasteiger partial charge is 0.460 e. The third-order valence-electron chi connectivity index (χ3n) is 3.21. The monoisotopic (exact) mass is 343 g/mol. The van der Waals surface area contributed by atoms with Crippen LogP contribution in [0.1, 0.15) is 27.2 Å². The van der Waals surface area contributed by atoms with Crippen LogP contribution in [-0.2, 0) is 16.1 Å². The number of thiazole rings is 1. The molecule has 6 nitrogen and oxygen atoms in total. The van der Waals surface area contributed by atoms with Gasteiger partial charge in [-0.2, -0.15) is 0 Å². The van der Waals surface area contributed by atoms with Crippen molar-refractivity contribution < 1.29 is 14.1 Å². The van der Waals surface area contributed by atoms with Crippen LogP contribution in [-0.4, -0.2) is 26.5 Å². The maximum Gasteiger partial charge on any atom is 0.312 e. The molecular formula is C17H19N4O2S+. The van der Waals surface area contributed by atoms with E-state index < -0.39 is 5.60 Å². The molecule has 124 valence electrons. The summed E-state index contributed by atoms with van der Waals surface area (Å²) >= 11 is 1.56. The molecule has 0 aromatic carbocycles. The fraction of sp³-hybridized carbons (Fsp3) is 0.353. The first-order valence-corrected chi connectivity index (χ1v) is 8.50. The van der Waals surface area contributed by atoms with Gasteiger partial charge in [0, 0.05) is 23.9 Å². The summed E-state index contributed by atoms with van der Waals surface area (Å²) in [5.74, 6) is -0.191. The summed E-state index contributed by atoms with van der Waals surface area (Å²) in [6.07, 6.45) is 7.50. The van der Waals surface area contributed by atoms with Crippen molar-refractivity contribution in [1.82, 2.24) is 15.0 Å². The number of fused-ring (bicyclic) bond motifs is 1. The Labute approximate surface area is 144 Å². The molecule has 3 aromatic rings. The van der Waals surface area contributed by atoms with E-state index in [-0.39, 0.29) is 5.97 Å². The van der Waals surface area contributed by atoms with Crippen LogP contribution in [0, 0.1) is 0 Å². The predicted octanol–water partition coefficient (Wildman–Crippen LogP) is 2.77. The van der Waals surface area contributed by atoms with Gasteiger partial charge >= 0.3 is 5.97 Å². The number of aromatic nitrogens is 4. The van der Waals surface area contributed by atoms with Gasteiger partial charge in [-0.1, -0.05) is 0 Å². The molecule has 7 heteroatoms. The molecule has 0 radical (unpaired) electrons. The number of rotatable bonds is 4.